The van der Waals surface area contributed by atoms with Crippen molar-refractivity contribution < 1.29 is 9.59 Å². The van der Waals surface area contributed by atoms with Gasteiger partial charge in [-0.1, -0.05) is 36.4 Å². The molecule has 0 atom stereocenters. The van der Waals surface area contributed by atoms with E-state index in [0.29, 0.717) is 5.91 Å². The van der Waals surface area contributed by atoms with Crippen LogP contribution in [0, 0.1) is 5.92 Å². The van der Waals surface area contributed by atoms with Gasteiger partial charge in [0.05, 0.1) is 0 Å². The molecule has 0 aromatic heterocycles. The molecule has 26 heavy (non-hydrogen) atoms. The van der Waals surface area contributed by atoms with Crippen LogP contribution in [-0.2, 0) is 9.59 Å². The van der Waals surface area contributed by atoms with Crippen molar-refractivity contribution in [1.29, 1.82) is 0 Å². The number of amides is 2. The fraction of sp³-hybridized carbons (Fsp3) is 0.429. The molecule has 2 N–H and O–H groups in total. The minimum absolute atomic E-state index is 0.235. The van der Waals surface area contributed by atoms with Gasteiger partial charge in [0.1, 0.15) is 0 Å². The van der Waals surface area contributed by atoms with Crippen LogP contribution < -0.4 is 10.6 Å². The van der Waals surface area contributed by atoms with Crippen molar-refractivity contribution in [3.63, 3.8) is 0 Å². The Kier molecular flexibility index (Phi) is 6.10. The third kappa shape index (κ3) is 3.98. The van der Waals surface area contributed by atoms with Crippen molar-refractivity contribution in [2.45, 2.75) is 25.7 Å². The summed E-state index contributed by atoms with van der Waals surface area (Å²) in [5, 5.41) is 2.61. The second-order valence-electron chi connectivity index (χ2n) is 6.93. The summed E-state index contributed by atoms with van der Waals surface area (Å²) in [6.07, 6.45) is 4.58. The van der Waals surface area contributed by atoms with E-state index in [9.17, 15) is 4.79 Å². The minimum Gasteiger partial charge on any atom is -0.372 e. The average molecular weight is 353 g/mol. The zero-order valence-corrected chi connectivity index (χ0v) is 15.1. The summed E-state index contributed by atoms with van der Waals surface area (Å²) in [5.41, 5.74) is 5.48. The normalized spacial score (nSPS) is 17.7. The fourth-order valence-electron chi connectivity index (χ4n) is 4.05. The quantitative estimate of drug-likeness (QED) is 0.844. The summed E-state index contributed by atoms with van der Waals surface area (Å²) in [4.78, 5) is 25.7. The standard InChI is InChI=1S/C20H24N2O.CH3NO/c23-20(22-12-3-4-13-22)17-10-14-21(15-11-17)19-9-5-7-16-6-1-2-8-18(16)19;2-1-3/h1-2,5-9,17H,3-4,10-15H2;1H,(H2,2,3). The van der Waals surface area contributed by atoms with E-state index in [2.05, 4.69) is 58.0 Å². The molecule has 5 nitrogen and oxygen atoms in total. The van der Waals surface area contributed by atoms with Crippen molar-refractivity contribution in [2.24, 2.45) is 11.7 Å². The third-order valence-corrected chi connectivity index (χ3v) is 5.37. The van der Waals surface area contributed by atoms with E-state index in [0.717, 1.165) is 39.0 Å². The topological polar surface area (TPSA) is 66.6 Å². The Morgan fingerprint density at radius 3 is 2.27 bits per heavy atom. The zero-order chi connectivity index (χ0) is 18.4. The van der Waals surface area contributed by atoms with Gasteiger partial charge in [0.25, 0.3) is 0 Å². The molecule has 2 heterocycles. The molecular weight excluding hydrogens is 326 g/mol. The van der Waals surface area contributed by atoms with Crippen LogP contribution in [0.1, 0.15) is 25.7 Å². The fourth-order valence-corrected chi connectivity index (χ4v) is 4.05. The number of rotatable bonds is 2. The molecule has 0 bridgehead atoms. The first-order chi connectivity index (χ1) is 12.7. The number of nitrogens with two attached hydrogens (primary N) is 1. The number of carbonyl (C=O) groups is 2. The number of fused-ring (bicyclic) bond motifs is 1. The summed E-state index contributed by atoms with van der Waals surface area (Å²) in [6, 6.07) is 15.1. The summed E-state index contributed by atoms with van der Waals surface area (Å²) in [7, 11) is 0. The number of primary amides is 1. The van der Waals surface area contributed by atoms with Gasteiger partial charge < -0.3 is 15.5 Å². The maximum Gasteiger partial charge on any atom is 0.225 e. The highest BCUT2D eigenvalue weighted by Crippen LogP contribution is 2.31. The van der Waals surface area contributed by atoms with Crippen LogP contribution in [0.2, 0.25) is 0 Å². The smallest absolute Gasteiger partial charge is 0.225 e. The van der Waals surface area contributed by atoms with Crippen molar-refractivity contribution in [2.75, 3.05) is 31.1 Å². The van der Waals surface area contributed by atoms with Crippen LogP contribution in [0.4, 0.5) is 5.69 Å². The van der Waals surface area contributed by atoms with Gasteiger partial charge in [-0.15, -0.1) is 0 Å². The van der Waals surface area contributed by atoms with Crippen LogP contribution in [0.15, 0.2) is 42.5 Å². The Morgan fingerprint density at radius 1 is 0.962 bits per heavy atom. The van der Waals surface area contributed by atoms with E-state index in [1.165, 1.54) is 29.3 Å². The van der Waals surface area contributed by atoms with Gasteiger partial charge in [0.15, 0.2) is 0 Å². The molecule has 0 aliphatic carbocycles. The van der Waals surface area contributed by atoms with Crippen LogP contribution in [0.5, 0.6) is 0 Å². The molecule has 2 saturated heterocycles. The second-order valence-corrected chi connectivity index (χ2v) is 6.93. The largest absolute Gasteiger partial charge is 0.372 e. The van der Waals surface area contributed by atoms with E-state index in [-0.39, 0.29) is 12.3 Å². The Hall–Kier alpha value is -2.56. The van der Waals surface area contributed by atoms with E-state index in [1.54, 1.807) is 0 Å². The van der Waals surface area contributed by atoms with Crippen molar-refractivity contribution in [1.82, 2.24) is 4.90 Å². The lowest BCUT2D eigenvalue weighted by atomic mass is 9.94. The summed E-state index contributed by atoms with van der Waals surface area (Å²) < 4.78 is 0. The van der Waals surface area contributed by atoms with E-state index in [1.807, 2.05) is 0 Å². The van der Waals surface area contributed by atoms with E-state index >= 15 is 0 Å². The number of benzene rings is 2. The summed E-state index contributed by atoms with van der Waals surface area (Å²) in [5.74, 6) is 0.638. The molecule has 0 spiro atoms. The number of carbonyl (C=O) groups excluding carboxylic acids is 2. The third-order valence-electron chi connectivity index (χ3n) is 5.37. The molecule has 2 fully saturated rings. The second kappa shape index (κ2) is 8.70. The lowest BCUT2D eigenvalue weighted by Crippen LogP contribution is -2.41. The monoisotopic (exact) mass is 353 g/mol. The molecular formula is C21H27N3O2. The predicted molar refractivity (Wildman–Crippen MR) is 105 cm³/mol. The number of likely N-dealkylation sites (tertiary alicyclic amines) is 1. The van der Waals surface area contributed by atoms with Gasteiger partial charge >= 0.3 is 0 Å². The van der Waals surface area contributed by atoms with Gasteiger partial charge in [-0.3, -0.25) is 9.59 Å². The molecule has 5 heteroatoms. The van der Waals surface area contributed by atoms with Gasteiger partial charge in [0, 0.05) is 43.2 Å². The summed E-state index contributed by atoms with van der Waals surface area (Å²) >= 11 is 0. The zero-order valence-electron chi connectivity index (χ0n) is 15.1. The Bertz CT molecular complexity index is 743. The van der Waals surface area contributed by atoms with E-state index < -0.39 is 0 Å². The first kappa shape index (κ1) is 18.2. The number of hydrogen-bond acceptors (Lipinski definition) is 3. The lowest BCUT2D eigenvalue weighted by molar-refractivity contribution is -0.135. The maximum absolute atomic E-state index is 12.6. The number of piperidine rings is 1. The Labute approximate surface area is 154 Å². The molecule has 0 unspecified atom stereocenters. The minimum atomic E-state index is 0.235. The van der Waals surface area contributed by atoms with E-state index in [4.69, 9.17) is 4.79 Å². The molecule has 2 amide bonds. The molecule has 2 aromatic rings. The SMILES string of the molecule is NC=O.O=C(C1CCN(c2cccc3ccccc23)CC1)N1CCCC1. The first-order valence-corrected chi connectivity index (χ1v) is 9.41. The van der Waals surface area contributed by atoms with Gasteiger partial charge in [-0.2, -0.15) is 0 Å². The van der Waals surface area contributed by atoms with Crippen LogP contribution in [-0.4, -0.2) is 43.4 Å². The number of nitrogens with zero attached hydrogens (tertiary/aromatic N) is 2. The number of anilines is 1. The van der Waals surface area contributed by atoms with Gasteiger partial charge in [-0.25, -0.2) is 0 Å². The van der Waals surface area contributed by atoms with Gasteiger partial charge in [0.2, 0.25) is 12.3 Å². The summed E-state index contributed by atoms with van der Waals surface area (Å²) in [6.45, 7) is 3.92. The van der Waals surface area contributed by atoms with Crippen molar-refractivity contribution >= 4 is 28.8 Å². The molecule has 2 aliphatic heterocycles. The molecule has 138 valence electrons. The predicted octanol–water partition coefficient (Wildman–Crippen LogP) is 2.78. The first-order valence-electron chi connectivity index (χ1n) is 9.41. The van der Waals surface area contributed by atoms with Gasteiger partial charge in [-0.05, 0) is 37.1 Å². The van der Waals surface area contributed by atoms with Crippen molar-refractivity contribution in [3.8, 4) is 0 Å². The molecule has 2 aromatic carbocycles. The molecule has 0 radical (unpaired) electrons. The Balaban J connectivity index is 0.000000613. The van der Waals surface area contributed by atoms with Crippen LogP contribution >= 0.6 is 0 Å². The Morgan fingerprint density at radius 2 is 1.58 bits per heavy atom. The van der Waals surface area contributed by atoms with Crippen LogP contribution in [0.3, 0.4) is 0 Å². The molecule has 4 rings (SSSR count). The van der Waals surface area contributed by atoms with Crippen molar-refractivity contribution in [3.05, 3.63) is 42.5 Å². The number of hydrogen-bond donors (Lipinski definition) is 1. The average Bonchev–Trinajstić information content (AvgIpc) is 3.23. The molecule has 2 aliphatic rings. The highest BCUT2D eigenvalue weighted by atomic mass is 16.2. The lowest BCUT2D eigenvalue weighted by Gasteiger charge is -2.35. The van der Waals surface area contributed by atoms with Crippen LogP contribution in [0.25, 0.3) is 10.8 Å². The maximum atomic E-state index is 12.6. The highest BCUT2D eigenvalue weighted by molar-refractivity contribution is 5.94. The molecule has 0 saturated carbocycles. The highest BCUT2D eigenvalue weighted by Gasteiger charge is 2.30.